The van der Waals surface area contributed by atoms with Crippen molar-refractivity contribution >= 4 is 0 Å². The van der Waals surface area contributed by atoms with Gasteiger partial charge in [0.25, 0.3) is 0 Å². The molecule has 0 spiro atoms. The molecule has 0 saturated carbocycles. The molecule has 0 radical (unpaired) electrons. The zero-order chi connectivity index (χ0) is 15.2. The van der Waals surface area contributed by atoms with Crippen LogP contribution in [0.1, 0.15) is 12.5 Å². The van der Waals surface area contributed by atoms with Crippen molar-refractivity contribution in [2.75, 3.05) is 20.8 Å². The van der Waals surface area contributed by atoms with E-state index in [1.807, 2.05) is 19.1 Å². The second-order valence-corrected chi connectivity index (χ2v) is 4.63. The molecule has 4 heteroatoms. The highest BCUT2D eigenvalue weighted by Gasteiger charge is 2.16. The van der Waals surface area contributed by atoms with Crippen LogP contribution < -0.4 is 14.8 Å². The van der Waals surface area contributed by atoms with Gasteiger partial charge >= 0.3 is 0 Å². The molecular weight excluding hydrogens is 269 g/mol. The molecule has 1 N–H and O–H groups in total. The van der Waals surface area contributed by atoms with Crippen LogP contribution >= 0.6 is 0 Å². The lowest BCUT2D eigenvalue weighted by molar-refractivity contribution is 0.397. The summed E-state index contributed by atoms with van der Waals surface area (Å²) in [6, 6.07) is 10.6. The molecular formula is C17H20FNO2. The SMILES string of the molecule is CCNCc1ccc(-c2c(OC)cccc2OC)c(F)c1. The zero-order valence-corrected chi connectivity index (χ0v) is 12.6. The van der Waals surface area contributed by atoms with Crippen LogP contribution in [0.4, 0.5) is 4.39 Å². The molecule has 0 saturated heterocycles. The van der Waals surface area contributed by atoms with Crippen molar-refractivity contribution in [3.05, 3.63) is 47.8 Å². The Bertz CT molecular complexity index is 591. The minimum atomic E-state index is -0.284. The van der Waals surface area contributed by atoms with E-state index in [9.17, 15) is 4.39 Å². The Balaban J connectivity index is 2.47. The second kappa shape index (κ2) is 7.09. The maximum absolute atomic E-state index is 14.5. The van der Waals surface area contributed by atoms with Crippen molar-refractivity contribution in [2.45, 2.75) is 13.5 Å². The summed E-state index contributed by atoms with van der Waals surface area (Å²) in [5.41, 5.74) is 2.02. The number of hydrogen-bond donors (Lipinski definition) is 1. The Hall–Kier alpha value is -2.07. The molecule has 0 aliphatic heterocycles. The molecule has 0 aliphatic rings. The maximum atomic E-state index is 14.5. The van der Waals surface area contributed by atoms with E-state index in [0.717, 1.165) is 12.1 Å². The number of benzene rings is 2. The van der Waals surface area contributed by atoms with Crippen LogP contribution in [0.25, 0.3) is 11.1 Å². The van der Waals surface area contributed by atoms with Gasteiger partial charge < -0.3 is 14.8 Å². The molecule has 0 amide bonds. The number of hydrogen-bond acceptors (Lipinski definition) is 3. The van der Waals surface area contributed by atoms with E-state index in [0.29, 0.717) is 29.2 Å². The fourth-order valence-corrected chi connectivity index (χ4v) is 2.26. The predicted molar refractivity (Wildman–Crippen MR) is 82.3 cm³/mol. The number of nitrogens with one attached hydrogen (secondary N) is 1. The van der Waals surface area contributed by atoms with Gasteiger partial charge in [0.1, 0.15) is 17.3 Å². The van der Waals surface area contributed by atoms with E-state index in [-0.39, 0.29) is 5.82 Å². The second-order valence-electron chi connectivity index (χ2n) is 4.63. The van der Waals surface area contributed by atoms with Crippen LogP contribution in [0.15, 0.2) is 36.4 Å². The van der Waals surface area contributed by atoms with Crippen molar-refractivity contribution in [2.24, 2.45) is 0 Å². The molecule has 112 valence electrons. The van der Waals surface area contributed by atoms with Gasteiger partial charge in [0, 0.05) is 12.1 Å². The largest absolute Gasteiger partial charge is 0.496 e. The van der Waals surface area contributed by atoms with Gasteiger partial charge in [-0.25, -0.2) is 4.39 Å². The quantitative estimate of drug-likeness (QED) is 0.881. The van der Waals surface area contributed by atoms with Crippen LogP contribution in [-0.2, 0) is 6.54 Å². The van der Waals surface area contributed by atoms with E-state index in [2.05, 4.69) is 5.32 Å². The number of rotatable bonds is 6. The molecule has 0 fully saturated rings. The first-order valence-corrected chi connectivity index (χ1v) is 6.91. The van der Waals surface area contributed by atoms with Gasteiger partial charge in [0.2, 0.25) is 0 Å². The van der Waals surface area contributed by atoms with Crippen molar-refractivity contribution < 1.29 is 13.9 Å². The Labute approximate surface area is 124 Å². The first-order valence-electron chi connectivity index (χ1n) is 6.91. The van der Waals surface area contributed by atoms with Crippen molar-refractivity contribution in [3.8, 4) is 22.6 Å². The molecule has 0 bridgehead atoms. The van der Waals surface area contributed by atoms with E-state index < -0.39 is 0 Å². The highest BCUT2D eigenvalue weighted by atomic mass is 19.1. The van der Waals surface area contributed by atoms with Gasteiger partial charge in [-0.15, -0.1) is 0 Å². The highest BCUT2D eigenvalue weighted by Crippen LogP contribution is 2.39. The standard InChI is InChI=1S/C17H20FNO2/c1-4-19-11-12-8-9-13(14(18)10-12)17-15(20-2)6-5-7-16(17)21-3/h5-10,19H,4,11H2,1-3H3. The van der Waals surface area contributed by atoms with Crippen LogP contribution in [0.2, 0.25) is 0 Å². The Morgan fingerprint density at radius 2 is 1.71 bits per heavy atom. The molecule has 2 aromatic rings. The molecule has 21 heavy (non-hydrogen) atoms. The smallest absolute Gasteiger partial charge is 0.131 e. The first kappa shape index (κ1) is 15.3. The van der Waals surface area contributed by atoms with Gasteiger partial charge in [0.05, 0.1) is 19.8 Å². The summed E-state index contributed by atoms with van der Waals surface area (Å²) in [4.78, 5) is 0. The minimum absolute atomic E-state index is 0.284. The van der Waals surface area contributed by atoms with E-state index >= 15 is 0 Å². The normalized spacial score (nSPS) is 10.5. The van der Waals surface area contributed by atoms with Gasteiger partial charge in [-0.05, 0) is 30.3 Å². The fraction of sp³-hybridized carbons (Fsp3) is 0.294. The fourth-order valence-electron chi connectivity index (χ4n) is 2.26. The summed E-state index contributed by atoms with van der Waals surface area (Å²) in [6.45, 7) is 3.52. The molecule has 2 rings (SSSR count). The average molecular weight is 289 g/mol. The third-order valence-corrected chi connectivity index (χ3v) is 3.31. The predicted octanol–water partition coefficient (Wildman–Crippen LogP) is 3.62. The lowest BCUT2D eigenvalue weighted by atomic mass is 10.0. The number of methoxy groups -OCH3 is 2. The van der Waals surface area contributed by atoms with E-state index in [4.69, 9.17) is 9.47 Å². The molecule has 3 nitrogen and oxygen atoms in total. The van der Waals surface area contributed by atoms with Gasteiger partial charge in [-0.1, -0.05) is 25.1 Å². The molecule has 0 aliphatic carbocycles. The van der Waals surface area contributed by atoms with Crippen LogP contribution in [0.5, 0.6) is 11.5 Å². The summed E-state index contributed by atoms with van der Waals surface area (Å²) in [5.74, 6) is 0.897. The zero-order valence-electron chi connectivity index (χ0n) is 12.6. The monoisotopic (exact) mass is 289 g/mol. The Kier molecular flexibility index (Phi) is 5.17. The molecule has 0 atom stereocenters. The third-order valence-electron chi connectivity index (χ3n) is 3.31. The van der Waals surface area contributed by atoms with Crippen molar-refractivity contribution in [1.82, 2.24) is 5.32 Å². The van der Waals surface area contributed by atoms with Gasteiger partial charge in [-0.2, -0.15) is 0 Å². The molecule has 0 heterocycles. The maximum Gasteiger partial charge on any atom is 0.131 e. The Morgan fingerprint density at radius 1 is 1.05 bits per heavy atom. The van der Waals surface area contributed by atoms with Crippen molar-refractivity contribution in [1.29, 1.82) is 0 Å². The molecule has 0 aromatic heterocycles. The van der Waals surface area contributed by atoms with Crippen LogP contribution in [-0.4, -0.2) is 20.8 Å². The third kappa shape index (κ3) is 3.34. The van der Waals surface area contributed by atoms with Gasteiger partial charge in [-0.3, -0.25) is 0 Å². The Morgan fingerprint density at radius 3 is 2.24 bits per heavy atom. The van der Waals surface area contributed by atoms with Crippen molar-refractivity contribution in [3.63, 3.8) is 0 Å². The topological polar surface area (TPSA) is 30.5 Å². The van der Waals surface area contributed by atoms with Crippen LogP contribution in [0, 0.1) is 5.82 Å². The lowest BCUT2D eigenvalue weighted by Crippen LogP contribution is -2.11. The highest BCUT2D eigenvalue weighted by molar-refractivity contribution is 5.77. The van der Waals surface area contributed by atoms with Gasteiger partial charge in [0.15, 0.2) is 0 Å². The van der Waals surface area contributed by atoms with E-state index in [1.54, 1.807) is 38.5 Å². The van der Waals surface area contributed by atoms with E-state index in [1.165, 1.54) is 0 Å². The molecule has 0 unspecified atom stereocenters. The summed E-state index contributed by atoms with van der Waals surface area (Å²) in [5, 5.41) is 3.18. The summed E-state index contributed by atoms with van der Waals surface area (Å²) in [7, 11) is 3.13. The number of ether oxygens (including phenoxy) is 2. The first-order chi connectivity index (χ1) is 10.2. The lowest BCUT2D eigenvalue weighted by Gasteiger charge is -2.14. The number of halogens is 1. The summed E-state index contributed by atoms with van der Waals surface area (Å²) in [6.07, 6.45) is 0. The summed E-state index contributed by atoms with van der Waals surface area (Å²) >= 11 is 0. The average Bonchev–Trinajstić information content (AvgIpc) is 2.52. The minimum Gasteiger partial charge on any atom is -0.496 e. The van der Waals surface area contributed by atoms with Crippen LogP contribution in [0.3, 0.4) is 0 Å². The molecule has 2 aromatic carbocycles. The summed E-state index contributed by atoms with van der Waals surface area (Å²) < 4.78 is 25.1.